The standard InChI is InChI=1S/C11H17NO/c1-2-6-11(7-5-10-13)12-8-3-4-9-12/h3-4,8-11H,2,5-7H2,1H3/t11-/m1/s1. The number of carbonyl (C=O) groups is 1. The minimum absolute atomic E-state index is 0.505. The molecule has 0 N–H and O–H groups in total. The van der Waals surface area contributed by atoms with Gasteiger partial charge in [-0.2, -0.15) is 0 Å². The molecule has 0 aliphatic heterocycles. The van der Waals surface area contributed by atoms with Gasteiger partial charge in [0.05, 0.1) is 0 Å². The lowest BCUT2D eigenvalue weighted by Crippen LogP contribution is -2.06. The van der Waals surface area contributed by atoms with Crippen molar-refractivity contribution in [2.75, 3.05) is 0 Å². The summed E-state index contributed by atoms with van der Waals surface area (Å²) in [6, 6.07) is 4.57. The summed E-state index contributed by atoms with van der Waals surface area (Å²) in [5.41, 5.74) is 0. The Morgan fingerprint density at radius 2 is 2.00 bits per heavy atom. The average molecular weight is 179 g/mol. The lowest BCUT2D eigenvalue weighted by molar-refractivity contribution is -0.108. The van der Waals surface area contributed by atoms with Gasteiger partial charge in [0.1, 0.15) is 6.29 Å². The van der Waals surface area contributed by atoms with Crippen LogP contribution in [0.3, 0.4) is 0 Å². The quantitative estimate of drug-likeness (QED) is 0.615. The van der Waals surface area contributed by atoms with Gasteiger partial charge in [-0.3, -0.25) is 0 Å². The summed E-state index contributed by atoms with van der Waals surface area (Å²) < 4.78 is 2.20. The van der Waals surface area contributed by atoms with Crippen LogP contribution < -0.4 is 0 Å². The first-order chi connectivity index (χ1) is 6.38. The van der Waals surface area contributed by atoms with E-state index in [1.165, 1.54) is 6.42 Å². The molecule has 72 valence electrons. The van der Waals surface area contributed by atoms with Crippen LogP contribution >= 0.6 is 0 Å². The van der Waals surface area contributed by atoms with Crippen LogP contribution in [-0.2, 0) is 4.79 Å². The fraction of sp³-hybridized carbons (Fsp3) is 0.545. The molecule has 2 nitrogen and oxygen atoms in total. The summed E-state index contributed by atoms with van der Waals surface area (Å²) >= 11 is 0. The Morgan fingerprint density at radius 1 is 1.31 bits per heavy atom. The molecular weight excluding hydrogens is 162 g/mol. The van der Waals surface area contributed by atoms with Crippen molar-refractivity contribution >= 4 is 6.29 Å². The molecule has 1 rings (SSSR count). The summed E-state index contributed by atoms with van der Waals surface area (Å²) in [4.78, 5) is 10.3. The summed E-state index contributed by atoms with van der Waals surface area (Å²) in [6.45, 7) is 2.18. The molecule has 0 aliphatic carbocycles. The van der Waals surface area contributed by atoms with Crippen LogP contribution in [0.4, 0.5) is 0 Å². The van der Waals surface area contributed by atoms with Crippen molar-refractivity contribution in [3.8, 4) is 0 Å². The van der Waals surface area contributed by atoms with Crippen LogP contribution in [0.25, 0.3) is 0 Å². The third-order valence-electron chi connectivity index (χ3n) is 2.29. The monoisotopic (exact) mass is 179 g/mol. The van der Waals surface area contributed by atoms with E-state index in [2.05, 4.69) is 23.9 Å². The highest BCUT2D eigenvalue weighted by Gasteiger charge is 2.07. The maximum Gasteiger partial charge on any atom is 0.120 e. The van der Waals surface area contributed by atoms with Gasteiger partial charge in [0, 0.05) is 24.9 Å². The fourth-order valence-corrected chi connectivity index (χ4v) is 1.63. The third kappa shape index (κ3) is 3.05. The first kappa shape index (κ1) is 10.0. The van der Waals surface area contributed by atoms with Gasteiger partial charge in [0.25, 0.3) is 0 Å². The first-order valence-electron chi connectivity index (χ1n) is 4.94. The molecule has 13 heavy (non-hydrogen) atoms. The minimum Gasteiger partial charge on any atom is -0.351 e. The number of nitrogens with zero attached hydrogens (tertiary/aromatic N) is 1. The molecule has 1 aromatic heterocycles. The second kappa shape index (κ2) is 5.57. The van der Waals surface area contributed by atoms with Crippen LogP contribution in [0.1, 0.15) is 38.6 Å². The largest absolute Gasteiger partial charge is 0.351 e. The van der Waals surface area contributed by atoms with Gasteiger partial charge in [-0.25, -0.2) is 0 Å². The number of aromatic nitrogens is 1. The van der Waals surface area contributed by atoms with Crippen LogP contribution in [0.5, 0.6) is 0 Å². The van der Waals surface area contributed by atoms with Gasteiger partial charge >= 0.3 is 0 Å². The van der Waals surface area contributed by atoms with Gasteiger partial charge in [-0.1, -0.05) is 13.3 Å². The molecule has 0 aliphatic rings. The summed E-state index contributed by atoms with van der Waals surface area (Å²) in [5.74, 6) is 0. The second-order valence-electron chi connectivity index (χ2n) is 3.32. The fourth-order valence-electron chi connectivity index (χ4n) is 1.63. The minimum atomic E-state index is 0.505. The SMILES string of the molecule is CCC[C@H](CCC=O)n1cccc1. The van der Waals surface area contributed by atoms with E-state index in [0.717, 1.165) is 19.1 Å². The lowest BCUT2D eigenvalue weighted by Gasteiger charge is -2.16. The van der Waals surface area contributed by atoms with E-state index in [-0.39, 0.29) is 0 Å². The van der Waals surface area contributed by atoms with Crippen molar-refractivity contribution in [3.05, 3.63) is 24.5 Å². The van der Waals surface area contributed by atoms with Crippen molar-refractivity contribution < 1.29 is 4.79 Å². The van der Waals surface area contributed by atoms with Crippen molar-refractivity contribution in [3.63, 3.8) is 0 Å². The molecule has 0 aromatic carbocycles. The zero-order valence-electron chi connectivity index (χ0n) is 8.15. The van der Waals surface area contributed by atoms with Gasteiger partial charge in [0.2, 0.25) is 0 Å². The number of carbonyl (C=O) groups excluding carboxylic acids is 1. The van der Waals surface area contributed by atoms with Gasteiger partial charge in [-0.15, -0.1) is 0 Å². The predicted octanol–water partition coefficient (Wildman–Crippen LogP) is 2.81. The van der Waals surface area contributed by atoms with Gasteiger partial charge < -0.3 is 9.36 Å². The second-order valence-corrected chi connectivity index (χ2v) is 3.32. The Hall–Kier alpha value is -1.05. The third-order valence-corrected chi connectivity index (χ3v) is 2.29. The van der Waals surface area contributed by atoms with Crippen molar-refractivity contribution in [2.45, 2.75) is 38.6 Å². The van der Waals surface area contributed by atoms with Crippen molar-refractivity contribution in [2.24, 2.45) is 0 Å². The zero-order valence-corrected chi connectivity index (χ0v) is 8.15. The molecule has 0 radical (unpaired) electrons. The molecule has 0 fully saturated rings. The summed E-state index contributed by atoms with van der Waals surface area (Å²) in [7, 11) is 0. The Morgan fingerprint density at radius 3 is 2.54 bits per heavy atom. The smallest absolute Gasteiger partial charge is 0.120 e. The number of aldehydes is 1. The molecule has 0 spiro atoms. The maximum absolute atomic E-state index is 10.3. The van der Waals surface area contributed by atoms with E-state index in [9.17, 15) is 4.79 Å². The molecule has 0 saturated carbocycles. The molecule has 1 aromatic rings. The van der Waals surface area contributed by atoms with Crippen molar-refractivity contribution in [1.82, 2.24) is 4.57 Å². The van der Waals surface area contributed by atoms with E-state index in [4.69, 9.17) is 0 Å². The molecular formula is C11H17NO. The Labute approximate surface area is 79.6 Å². The predicted molar refractivity (Wildman–Crippen MR) is 53.7 cm³/mol. The highest BCUT2D eigenvalue weighted by atomic mass is 16.1. The van der Waals surface area contributed by atoms with Crippen LogP contribution in [0.15, 0.2) is 24.5 Å². The Balaban J connectivity index is 2.51. The van der Waals surface area contributed by atoms with E-state index in [1.807, 2.05) is 12.1 Å². The maximum atomic E-state index is 10.3. The normalized spacial score (nSPS) is 12.7. The molecule has 2 heteroatoms. The lowest BCUT2D eigenvalue weighted by atomic mass is 10.1. The van der Waals surface area contributed by atoms with E-state index in [0.29, 0.717) is 12.5 Å². The molecule has 0 amide bonds. The van der Waals surface area contributed by atoms with E-state index < -0.39 is 0 Å². The molecule has 0 bridgehead atoms. The zero-order chi connectivity index (χ0) is 9.52. The van der Waals surface area contributed by atoms with Crippen molar-refractivity contribution in [1.29, 1.82) is 0 Å². The van der Waals surface area contributed by atoms with E-state index in [1.54, 1.807) is 0 Å². The number of rotatable bonds is 6. The topological polar surface area (TPSA) is 22.0 Å². The highest BCUT2D eigenvalue weighted by Crippen LogP contribution is 2.19. The molecule has 1 atom stereocenters. The van der Waals surface area contributed by atoms with Crippen LogP contribution in [0.2, 0.25) is 0 Å². The Bertz CT molecular complexity index is 228. The number of hydrogen-bond donors (Lipinski definition) is 0. The molecule has 0 saturated heterocycles. The summed E-state index contributed by atoms with van der Waals surface area (Å²) in [5, 5.41) is 0. The first-order valence-corrected chi connectivity index (χ1v) is 4.94. The van der Waals surface area contributed by atoms with E-state index >= 15 is 0 Å². The van der Waals surface area contributed by atoms with Gasteiger partial charge in [0.15, 0.2) is 0 Å². The molecule has 1 heterocycles. The summed E-state index contributed by atoms with van der Waals surface area (Å²) in [6.07, 6.45) is 9.11. The number of hydrogen-bond acceptors (Lipinski definition) is 1. The van der Waals surface area contributed by atoms with Crippen LogP contribution in [0, 0.1) is 0 Å². The van der Waals surface area contributed by atoms with Gasteiger partial charge in [-0.05, 0) is 25.0 Å². The highest BCUT2D eigenvalue weighted by molar-refractivity contribution is 5.49. The Kier molecular flexibility index (Phi) is 4.30. The molecule has 0 unspecified atom stereocenters. The van der Waals surface area contributed by atoms with Crippen LogP contribution in [-0.4, -0.2) is 10.9 Å². The average Bonchev–Trinajstić information content (AvgIpc) is 2.65.